The number of nitrogens with zero attached hydrogens (tertiary/aromatic N) is 2. The van der Waals surface area contributed by atoms with Crippen molar-refractivity contribution in [3.63, 3.8) is 0 Å². The van der Waals surface area contributed by atoms with Crippen molar-refractivity contribution in [1.82, 2.24) is 4.90 Å². The second kappa shape index (κ2) is 10.4. The summed E-state index contributed by atoms with van der Waals surface area (Å²) in [6.45, 7) is 10.3. The number of para-hydroxylation sites is 1. The van der Waals surface area contributed by atoms with Crippen LogP contribution in [-0.4, -0.2) is 31.1 Å². The molecule has 0 atom stereocenters. The average Bonchev–Trinajstić information content (AvgIpc) is 3.85. The summed E-state index contributed by atoms with van der Waals surface area (Å²) in [6.07, 6.45) is 5.39. The molecular formula is C32H39ClN2. The third-order valence-electron chi connectivity index (χ3n) is 8.36. The van der Waals surface area contributed by atoms with Gasteiger partial charge in [0.25, 0.3) is 0 Å². The molecule has 1 heterocycles. The Kier molecular flexibility index (Phi) is 7.23. The van der Waals surface area contributed by atoms with E-state index in [1.807, 2.05) is 0 Å². The lowest BCUT2D eigenvalue weighted by molar-refractivity contribution is 0.250. The summed E-state index contributed by atoms with van der Waals surface area (Å²) in [5.41, 5.74) is 7.99. The van der Waals surface area contributed by atoms with Crippen molar-refractivity contribution in [2.75, 3.05) is 31.1 Å². The Balaban J connectivity index is 0.000000178. The Bertz CT molecular complexity index is 1070. The molecule has 0 amide bonds. The summed E-state index contributed by atoms with van der Waals surface area (Å²) in [7, 11) is 0. The molecule has 0 bridgehead atoms. The number of hydrogen-bond acceptors (Lipinski definition) is 2. The Hall–Kier alpha value is -2.29. The highest BCUT2D eigenvalue weighted by Crippen LogP contribution is 2.48. The van der Waals surface area contributed by atoms with E-state index >= 15 is 0 Å². The van der Waals surface area contributed by atoms with Gasteiger partial charge in [0.15, 0.2) is 0 Å². The molecule has 35 heavy (non-hydrogen) atoms. The molecule has 3 heteroatoms. The van der Waals surface area contributed by atoms with Gasteiger partial charge >= 0.3 is 0 Å². The molecule has 0 unspecified atom stereocenters. The lowest BCUT2D eigenvalue weighted by atomic mass is 9.97. The predicted octanol–water partition coefficient (Wildman–Crippen LogP) is 7.54. The van der Waals surface area contributed by atoms with Crippen LogP contribution in [0.1, 0.15) is 61.8 Å². The van der Waals surface area contributed by atoms with E-state index in [-0.39, 0.29) is 0 Å². The van der Waals surface area contributed by atoms with Gasteiger partial charge in [-0.3, -0.25) is 4.90 Å². The fraction of sp³-hybridized carbons (Fsp3) is 0.438. The molecule has 2 saturated carbocycles. The molecule has 0 radical (unpaired) electrons. The number of rotatable bonds is 6. The summed E-state index contributed by atoms with van der Waals surface area (Å²) < 4.78 is 0. The van der Waals surface area contributed by atoms with E-state index in [2.05, 4.69) is 103 Å². The maximum Gasteiger partial charge on any atom is 0.0474 e. The van der Waals surface area contributed by atoms with Crippen LogP contribution in [0, 0.1) is 0 Å². The van der Waals surface area contributed by atoms with Crippen LogP contribution < -0.4 is 4.90 Å². The SMILES string of the molecule is CC1(c2ccc(CCl)cc2)CC1.CC1(c2ccc(CN3CCN(c4ccccc4)CC3)cc2)CC1. The van der Waals surface area contributed by atoms with Crippen molar-refractivity contribution in [3.8, 4) is 0 Å². The normalized spacial score (nSPS) is 20.0. The second-order valence-electron chi connectivity index (χ2n) is 11.2. The molecule has 3 aromatic carbocycles. The number of piperazine rings is 1. The lowest BCUT2D eigenvalue weighted by Gasteiger charge is -2.36. The van der Waals surface area contributed by atoms with Crippen molar-refractivity contribution in [3.05, 3.63) is 101 Å². The third kappa shape index (κ3) is 6.11. The summed E-state index contributed by atoms with van der Waals surface area (Å²) >= 11 is 5.71. The smallest absolute Gasteiger partial charge is 0.0474 e. The Labute approximate surface area is 216 Å². The number of anilines is 1. The van der Waals surface area contributed by atoms with Crippen LogP contribution in [0.2, 0.25) is 0 Å². The Morgan fingerprint density at radius 1 is 0.629 bits per heavy atom. The van der Waals surface area contributed by atoms with Crippen LogP contribution >= 0.6 is 11.6 Å². The summed E-state index contributed by atoms with van der Waals surface area (Å²) in [5, 5.41) is 0. The molecular weight excluding hydrogens is 448 g/mol. The molecule has 184 valence electrons. The quantitative estimate of drug-likeness (QED) is 0.332. The van der Waals surface area contributed by atoms with E-state index in [1.54, 1.807) is 0 Å². The number of halogens is 1. The zero-order valence-corrected chi connectivity index (χ0v) is 22.1. The first-order valence-corrected chi connectivity index (χ1v) is 13.8. The highest BCUT2D eigenvalue weighted by molar-refractivity contribution is 6.17. The second-order valence-corrected chi connectivity index (χ2v) is 11.5. The molecule has 0 aromatic heterocycles. The van der Waals surface area contributed by atoms with Crippen molar-refractivity contribution in [2.45, 2.75) is 62.8 Å². The zero-order valence-electron chi connectivity index (χ0n) is 21.3. The number of hydrogen-bond donors (Lipinski definition) is 0. The minimum absolute atomic E-state index is 0.486. The molecule has 1 saturated heterocycles. The monoisotopic (exact) mass is 486 g/mol. The van der Waals surface area contributed by atoms with Crippen LogP contribution in [-0.2, 0) is 23.3 Å². The molecule has 3 aliphatic rings. The largest absolute Gasteiger partial charge is 0.369 e. The van der Waals surface area contributed by atoms with Crippen LogP contribution in [0.3, 0.4) is 0 Å². The highest BCUT2D eigenvalue weighted by Gasteiger charge is 2.39. The summed E-state index contributed by atoms with van der Waals surface area (Å²) in [6, 6.07) is 28.8. The van der Waals surface area contributed by atoms with E-state index in [4.69, 9.17) is 11.6 Å². The van der Waals surface area contributed by atoms with Gasteiger partial charge in [0.2, 0.25) is 0 Å². The zero-order chi connectivity index (χ0) is 24.3. The molecule has 0 N–H and O–H groups in total. The van der Waals surface area contributed by atoms with Crippen LogP contribution in [0.4, 0.5) is 5.69 Å². The van der Waals surface area contributed by atoms with E-state index in [0.29, 0.717) is 16.7 Å². The minimum Gasteiger partial charge on any atom is -0.369 e. The molecule has 3 fully saturated rings. The number of alkyl halides is 1. The van der Waals surface area contributed by atoms with Crippen molar-refractivity contribution in [2.24, 2.45) is 0 Å². The Morgan fingerprint density at radius 3 is 1.57 bits per heavy atom. The predicted molar refractivity (Wildman–Crippen MR) is 150 cm³/mol. The van der Waals surface area contributed by atoms with E-state index < -0.39 is 0 Å². The van der Waals surface area contributed by atoms with Gasteiger partial charge in [-0.05, 0) is 70.9 Å². The van der Waals surface area contributed by atoms with Gasteiger partial charge in [0.05, 0.1) is 0 Å². The van der Waals surface area contributed by atoms with E-state index in [0.717, 1.165) is 32.7 Å². The first-order valence-electron chi connectivity index (χ1n) is 13.2. The third-order valence-corrected chi connectivity index (χ3v) is 8.66. The van der Waals surface area contributed by atoms with Crippen molar-refractivity contribution in [1.29, 1.82) is 0 Å². The maximum absolute atomic E-state index is 5.71. The summed E-state index contributed by atoms with van der Waals surface area (Å²) in [4.78, 5) is 5.07. The van der Waals surface area contributed by atoms with Gasteiger partial charge in [-0.25, -0.2) is 0 Å². The lowest BCUT2D eigenvalue weighted by Crippen LogP contribution is -2.45. The van der Waals surface area contributed by atoms with Gasteiger partial charge < -0.3 is 4.90 Å². The maximum atomic E-state index is 5.71. The number of benzene rings is 3. The first kappa shape index (κ1) is 24.4. The molecule has 6 rings (SSSR count). The molecule has 2 aliphatic carbocycles. The fourth-order valence-corrected chi connectivity index (χ4v) is 5.20. The van der Waals surface area contributed by atoms with Gasteiger partial charge in [-0.15, -0.1) is 11.6 Å². The molecule has 2 nitrogen and oxygen atoms in total. The fourth-order valence-electron chi connectivity index (χ4n) is 5.02. The van der Waals surface area contributed by atoms with Gasteiger partial charge in [0.1, 0.15) is 0 Å². The van der Waals surface area contributed by atoms with Crippen molar-refractivity contribution < 1.29 is 0 Å². The van der Waals surface area contributed by atoms with Crippen LogP contribution in [0.5, 0.6) is 0 Å². The van der Waals surface area contributed by atoms with Crippen molar-refractivity contribution >= 4 is 17.3 Å². The standard InChI is InChI=1S/C21H26N2.C11H13Cl/c1-21(11-12-21)19-9-7-18(8-10-19)17-22-13-15-23(16-14-22)20-5-3-2-4-6-20;1-11(6-7-11)10-4-2-9(8-12)3-5-10/h2-10H,11-17H2,1H3;2-5H,6-8H2,1H3. The minimum atomic E-state index is 0.486. The first-order chi connectivity index (χ1) is 17.0. The van der Waals surface area contributed by atoms with Gasteiger partial charge in [-0.2, -0.15) is 0 Å². The van der Waals surface area contributed by atoms with E-state index in [1.165, 1.54) is 53.6 Å². The summed E-state index contributed by atoms with van der Waals surface area (Å²) in [5.74, 6) is 0.622. The average molecular weight is 487 g/mol. The molecule has 1 aliphatic heterocycles. The Morgan fingerprint density at radius 2 is 1.11 bits per heavy atom. The van der Waals surface area contributed by atoms with Crippen LogP contribution in [0.25, 0.3) is 0 Å². The van der Waals surface area contributed by atoms with Gasteiger partial charge in [-0.1, -0.05) is 80.6 Å². The van der Waals surface area contributed by atoms with Gasteiger partial charge in [0, 0.05) is 44.3 Å². The van der Waals surface area contributed by atoms with E-state index in [9.17, 15) is 0 Å². The topological polar surface area (TPSA) is 6.48 Å². The molecule has 0 spiro atoms. The highest BCUT2D eigenvalue weighted by atomic mass is 35.5. The van der Waals surface area contributed by atoms with Crippen LogP contribution in [0.15, 0.2) is 78.9 Å². The molecule has 3 aromatic rings.